The third-order valence-electron chi connectivity index (χ3n) is 2.86. The lowest BCUT2D eigenvalue weighted by Crippen LogP contribution is -2.21. The van der Waals surface area contributed by atoms with Crippen molar-refractivity contribution in [2.75, 3.05) is 23.8 Å². The molecule has 2 rings (SSSR count). The van der Waals surface area contributed by atoms with Crippen LogP contribution in [0.25, 0.3) is 0 Å². The van der Waals surface area contributed by atoms with E-state index < -0.39 is 0 Å². The Bertz CT molecular complexity index is 484. The van der Waals surface area contributed by atoms with Gasteiger partial charge in [0.1, 0.15) is 11.6 Å². The second-order valence-corrected chi connectivity index (χ2v) is 4.45. The molecule has 2 heterocycles. The topological polar surface area (TPSA) is 54.2 Å². The maximum Gasteiger partial charge on any atom is 0.226 e. The van der Waals surface area contributed by atoms with Crippen LogP contribution >= 0.6 is 0 Å². The van der Waals surface area contributed by atoms with Crippen LogP contribution in [0, 0.1) is 0 Å². The molecule has 0 saturated heterocycles. The normalized spacial score (nSPS) is 10.4. The lowest BCUT2D eigenvalue weighted by molar-refractivity contribution is 0.518. The van der Waals surface area contributed by atoms with Crippen molar-refractivity contribution in [3.05, 3.63) is 36.4 Å². The Morgan fingerprint density at radius 1 is 1.37 bits per heavy atom. The van der Waals surface area contributed by atoms with Crippen molar-refractivity contribution in [3.63, 3.8) is 0 Å². The van der Waals surface area contributed by atoms with Crippen LogP contribution in [0.1, 0.15) is 25.5 Å². The van der Waals surface area contributed by atoms with Gasteiger partial charge in [-0.3, -0.25) is 0 Å². The van der Waals surface area contributed by atoms with Gasteiger partial charge in [-0.25, -0.2) is 4.98 Å². The molecule has 0 saturated carbocycles. The summed E-state index contributed by atoms with van der Waals surface area (Å²) >= 11 is 0. The SMILES string of the molecule is CCCCN(C)c1nccc(NCc2ccco2)n1. The van der Waals surface area contributed by atoms with E-state index >= 15 is 0 Å². The van der Waals surface area contributed by atoms with Gasteiger partial charge in [0.2, 0.25) is 5.95 Å². The average molecular weight is 260 g/mol. The highest BCUT2D eigenvalue weighted by Gasteiger charge is 2.05. The molecule has 2 aromatic heterocycles. The minimum Gasteiger partial charge on any atom is -0.467 e. The summed E-state index contributed by atoms with van der Waals surface area (Å²) in [5, 5.41) is 3.23. The largest absolute Gasteiger partial charge is 0.467 e. The number of hydrogen-bond donors (Lipinski definition) is 1. The summed E-state index contributed by atoms with van der Waals surface area (Å²) in [4.78, 5) is 10.8. The third-order valence-corrected chi connectivity index (χ3v) is 2.86. The van der Waals surface area contributed by atoms with Crippen LogP contribution in [0.4, 0.5) is 11.8 Å². The lowest BCUT2D eigenvalue weighted by atomic mass is 10.3. The fraction of sp³-hybridized carbons (Fsp3) is 0.429. The van der Waals surface area contributed by atoms with E-state index in [4.69, 9.17) is 4.42 Å². The molecule has 5 heteroatoms. The van der Waals surface area contributed by atoms with Gasteiger partial charge in [-0.1, -0.05) is 13.3 Å². The molecule has 1 N–H and O–H groups in total. The maximum absolute atomic E-state index is 5.27. The van der Waals surface area contributed by atoms with Crippen LogP contribution in [-0.4, -0.2) is 23.6 Å². The van der Waals surface area contributed by atoms with Gasteiger partial charge in [-0.2, -0.15) is 4.98 Å². The van der Waals surface area contributed by atoms with Gasteiger partial charge in [-0.15, -0.1) is 0 Å². The number of anilines is 2. The Morgan fingerprint density at radius 2 is 2.26 bits per heavy atom. The minimum absolute atomic E-state index is 0.627. The van der Waals surface area contributed by atoms with Crippen LogP contribution in [0.3, 0.4) is 0 Å². The highest BCUT2D eigenvalue weighted by atomic mass is 16.3. The summed E-state index contributed by atoms with van der Waals surface area (Å²) in [5.41, 5.74) is 0. The zero-order valence-corrected chi connectivity index (χ0v) is 11.5. The van der Waals surface area contributed by atoms with Crippen LogP contribution in [0.5, 0.6) is 0 Å². The summed E-state index contributed by atoms with van der Waals surface area (Å²) in [6.07, 6.45) is 5.75. The van der Waals surface area contributed by atoms with Crippen molar-refractivity contribution in [2.24, 2.45) is 0 Å². The van der Waals surface area contributed by atoms with Gasteiger partial charge in [-0.05, 0) is 24.6 Å². The molecule has 19 heavy (non-hydrogen) atoms. The Hall–Kier alpha value is -2.04. The summed E-state index contributed by atoms with van der Waals surface area (Å²) in [6, 6.07) is 5.67. The van der Waals surface area contributed by atoms with E-state index in [-0.39, 0.29) is 0 Å². The number of unbranched alkanes of at least 4 members (excludes halogenated alkanes) is 1. The van der Waals surface area contributed by atoms with Crippen molar-refractivity contribution in [2.45, 2.75) is 26.3 Å². The van der Waals surface area contributed by atoms with E-state index in [0.29, 0.717) is 6.54 Å². The number of rotatable bonds is 7. The highest BCUT2D eigenvalue weighted by molar-refractivity contribution is 5.40. The predicted octanol–water partition coefficient (Wildman–Crippen LogP) is 2.92. The standard InChI is InChI=1S/C14H20N4O/c1-3-4-9-18(2)14-15-8-7-13(17-14)16-11-12-6-5-10-19-12/h5-8,10H,3-4,9,11H2,1-2H3,(H,15,16,17). The summed E-state index contributed by atoms with van der Waals surface area (Å²) < 4.78 is 5.27. The van der Waals surface area contributed by atoms with E-state index in [9.17, 15) is 0 Å². The van der Waals surface area contributed by atoms with Crippen LogP contribution in [0.15, 0.2) is 35.1 Å². The molecule has 2 aromatic rings. The number of nitrogens with one attached hydrogen (secondary N) is 1. The summed E-state index contributed by atoms with van der Waals surface area (Å²) in [6.45, 7) is 3.77. The molecule has 0 atom stereocenters. The Balaban J connectivity index is 1.94. The van der Waals surface area contributed by atoms with Crippen LogP contribution < -0.4 is 10.2 Å². The van der Waals surface area contributed by atoms with Gasteiger partial charge in [0.15, 0.2) is 0 Å². The Labute approximate surface area is 113 Å². The predicted molar refractivity (Wildman–Crippen MR) is 76.2 cm³/mol. The molecule has 0 amide bonds. The first-order chi connectivity index (χ1) is 9.29. The quantitative estimate of drug-likeness (QED) is 0.829. The second kappa shape index (κ2) is 6.78. The lowest BCUT2D eigenvalue weighted by Gasteiger charge is -2.17. The molecule has 0 aliphatic rings. The molecule has 0 aliphatic carbocycles. The summed E-state index contributed by atoms with van der Waals surface area (Å²) in [5.74, 6) is 2.45. The van der Waals surface area contributed by atoms with Crippen molar-refractivity contribution in [3.8, 4) is 0 Å². The number of aromatic nitrogens is 2. The zero-order valence-electron chi connectivity index (χ0n) is 11.5. The van der Waals surface area contributed by atoms with E-state index in [0.717, 1.165) is 30.5 Å². The molecule has 0 fully saturated rings. The number of furan rings is 1. The first-order valence-electron chi connectivity index (χ1n) is 6.60. The van der Waals surface area contributed by atoms with Gasteiger partial charge in [0, 0.05) is 19.8 Å². The molecular formula is C14H20N4O. The first kappa shape index (κ1) is 13.4. The molecule has 0 spiro atoms. The van der Waals surface area contributed by atoms with Crippen molar-refractivity contribution in [1.29, 1.82) is 0 Å². The fourth-order valence-corrected chi connectivity index (χ4v) is 1.72. The Kier molecular flexibility index (Phi) is 4.78. The smallest absolute Gasteiger partial charge is 0.226 e. The van der Waals surface area contributed by atoms with E-state index in [1.54, 1.807) is 12.5 Å². The third kappa shape index (κ3) is 3.98. The highest BCUT2D eigenvalue weighted by Crippen LogP contribution is 2.11. The number of nitrogens with zero attached hydrogens (tertiary/aromatic N) is 3. The van der Waals surface area contributed by atoms with Gasteiger partial charge in [0.05, 0.1) is 12.8 Å². The van der Waals surface area contributed by atoms with Crippen LogP contribution in [-0.2, 0) is 6.54 Å². The molecule has 0 aliphatic heterocycles. The van der Waals surface area contributed by atoms with Gasteiger partial charge < -0.3 is 14.6 Å². The molecule has 102 valence electrons. The van der Waals surface area contributed by atoms with Gasteiger partial charge in [0.25, 0.3) is 0 Å². The Morgan fingerprint density at radius 3 is 3.00 bits per heavy atom. The fourth-order valence-electron chi connectivity index (χ4n) is 1.72. The molecule has 0 radical (unpaired) electrons. The molecular weight excluding hydrogens is 240 g/mol. The summed E-state index contributed by atoms with van der Waals surface area (Å²) in [7, 11) is 2.02. The van der Waals surface area contributed by atoms with E-state index in [1.165, 1.54) is 6.42 Å². The molecule has 0 bridgehead atoms. The van der Waals surface area contributed by atoms with Crippen LogP contribution in [0.2, 0.25) is 0 Å². The monoisotopic (exact) mass is 260 g/mol. The first-order valence-corrected chi connectivity index (χ1v) is 6.60. The average Bonchev–Trinajstić information content (AvgIpc) is 2.96. The maximum atomic E-state index is 5.27. The minimum atomic E-state index is 0.627. The second-order valence-electron chi connectivity index (χ2n) is 4.45. The van der Waals surface area contributed by atoms with Crippen molar-refractivity contribution < 1.29 is 4.42 Å². The van der Waals surface area contributed by atoms with Crippen molar-refractivity contribution in [1.82, 2.24) is 9.97 Å². The number of hydrogen-bond acceptors (Lipinski definition) is 5. The molecule has 5 nitrogen and oxygen atoms in total. The van der Waals surface area contributed by atoms with E-state index in [2.05, 4.69) is 27.1 Å². The molecule has 0 unspecified atom stereocenters. The van der Waals surface area contributed by atoms with E-state index in [1.807, 2.05) is 25.2 Å². The molecule has 0 aromatic carbocycles. The van der Waals surface area contributed by atoms with Gasteiger partial charge >= 0.3 is 0 Å². The zero-order chi connectivity index (χ0) is 13.5. The van der Waals surface area contributed by atoms with Crippen molar-refractivity contribution >= 4 is 11.8 Å².